The number of rotatable bonds is 15. The smallest absolute Gasteiger partial charge is 0.129 e. The average Bonchev–Trinajstić information content (AvgIpc) is 3.46. The molecular weight excluding hydrogens is 408 g/mol. The molecule has 0 aliphatic rings. The van der Waals surface area contributed by atoms with Gasteiger partial charge in [-0.15, -0.1) is 0 Å². The highest BCUT2D eigenvalue weighted by Crippen LogP contribution is 2.16. The van der Waals surface area contributed by atoms with Gasteiger partial charge in [0.25, 0.3) is 0 Å². The van der Waals surface area contributed by atoms with Crippen LogP contribution in [0.5, 0.6) is 5.75 Å². The zero-order valence-electron chi connectivity index (χ0n) is 19.0. The molecule has 7 nitrogen and oxygen atoms in total. The first-order valence-electron chi connectivity index (χ1n) is 10.9. The first kappa shape index (κ1) is 24.1. The van der Waals surface area contributed by atoms with Gasteiger partial charge in [0.05, 0.1) is 26.1 Å². The van der Waals surface area contributed by atoms with Crippen molar-refractivity contribution in [2.45, 2.75) is 32.2 Å². The van der Waals surface area contributed by atoms with Gasteiger partial charge in [0.1, 0.15) is 18.1 Å². The van der Waals surface area contributed by atoms with Crippen molar-refractivity contribution in [3.8, 4) is 5.75 Å². The fraction of sp³-hybridized carbons (Fsp3) is 0.440. The van der Waals surface area contributed by atoms with Gasteiger partial charge in [0, 0.05) is 51.8 Å². The molecule has 32 heavy (non-hydrogen) atoms. The first-order chi connectivity index (χ1) is 15.7. The third-order valence-electron chi connectivity index (χ3n) is 5.22. The van der Waals surface area contributed by atoms with Gasteiger partial charge in [-0.25, -0.2) is 0 Å². The molecule has 0 bridgehead atoms. The number of hydrogen-bond donors (Lipinski definition) is 1. The highest BCUT2D eigenvalue weighted by molar-refractivity contribution is 5.29. The Morgan fingerprint density at radius 1 is 1.12 bits per heavy atom. The topological polar surface area (TPSA) is 69.2 Å². The Bertz CT molecular complexity index is 893. The van der Waals surface area contributed by atoms with Crippen LogP contribution in [0.15, 0.2) is 65.4 Å². The first-order valence-corrected chi connectivity index (χ1v) is 10.9. The van der Waals surface area contributed by atoms with Crippen LogP contribution in [0.2, 0.25) is 0 Å². The van der Waals surface area contributed by atoms with E-state index in [-0.39, 0.29) is 6.61 Å². The molecule has 1 N–H and O–H groups in total. The SMILES string of the molecule is COCCCN(Cc1cccn1Cc1cccc(OC)c1)CC(O)COCc1ccco1. The maximum Gasteiger partial charge on any atom is 0.129 e. The molecule has 1 unspecified atom stereocenters. The Hall–Kier alpha value is -2.58. The summed E-state index contributed by atoms with van der Waals surface area (Å²) in [4.78, 5) is 2.25. The fourth-order valence-corrected chi connectivity index (χ4v) is 3.65. The number of ether oxygens (including phenoxy) is 3. The predicted octanol–water partition coefficient (Wildman–Crippen LogP) is 3.55. The van der Waals surface area contributed by atoms with Crippen molar-refractivity contribution in [2.75, 3.05) is 40.5 Å². The van der Waals surface area contributed by atoms with E-state index in [1.807, 2.05) is 24.3 Å². The lowest BCUT2D eigenvalue weighted by Gasteiger charge is -2.25. The lowest BCUT2D eigenvalue weighted by molar-refractivity contribution is 0.00251. The van der Waals surface area contributed by atoms with Crippen molar-refractivity contribution in [3.63, 3.8) is 0 Å². The van der Waals surface area contributed by atoms with Crippen LogP contribution < -0.4 is 4.74 Å². The minimum Gasteiger partial charge on any atom is -0.497 e. The van der Waals surface area contributed by atoms with E-state index in [1.165, 1.54) is 11.3 Å². The highest BCUT2D eigenvalue weighted by Gasteiger charge is 2.15. The van der Waals surface area contributed by atoms with Gasteiger partial charge < -0.3 is 28.3 Å². The molecular formula is C25H34N2O5. The number of nitrogens with zero attached hydrogens (tertiary/aromatic N) is 2. The molecule has 0 aliphatic carbocycles. The van der Waals surface area contributed by atoms with Gasteiger partial charge in [-0.3, -0.25) is 4.90 Å². The quantitative estimate of drug-likeness (QED) is 0.363. The third kappa shape index (κ3) is 7.84. The zero-order valence-corrected chi connectivity index (χ0v) is 19.0. The molecule has 1 aromatic carbocycles. The van der Waals surface area contributed by atoms with Gasteiger partial charge in [-0.05, 0) is 48.4 Å². The molecule has 174 valence electrons. The number of aliphatic hydroxyl groups is 1. The van der Waals surface area contributed by atoms with Crippen LogP contribution in [-0.2, 0) is 29.2 Å². The molecule has 3 rings (SSSR count). The Morgan fingerprint density at radius 2 is 2.03 bits per heavy atom. The van der Waals surface area contributed by atoms with Crippen molar-refractivity contribution < 1.29 is 23.7 Å². The second-order valence-corrected chi connectivity index (χ2v) is 7.81. The molecule has 0 saturated heterocycles. The Morgan fingerprint density at radius 3 is 2.81 bits per heavy atom. The standard InChI is InChI=1S/C25H34N2O5/c1-29-13-6-11-26(18-23(28)19-31-20-25-10-5-14-32-25)17-22-8-4-12-27(22)16-21-7-3-9-24(15-21)30-2/h3-5,7-10,12,14-15,23,28H,6,11,13,16-20H2,1-2H3. The molecule has 0 saturated carbocycles. The Kier molecular flexibility index (Phi) is 9.84. The van der Waals surface area contributed by atoms with E-state index >= 15 is 0 Å². The van der Waals surface area contributed by atoms with Gasteiger partial charge in [0.2, 0.25) is 0 Å². The van der Waals surface area contributed by atoms with Crippen molar-refractivity contribution in [2.24, 2.45) is 0 Å². The summed E-state index contributed by atoms with van der Waals surface area (Å²) in [6.07, 6.45) is 4.01. The summed E-state index contributed by atoms with van der Waals surface area (Å²) in [5, 5.41) is 10.5. The minimum atomic E-state index is -0.589. The van der Waals surface area contributed by atoms with Crippen LogP contribution >= 0.6 is 0 Å². The van der Waals surface area contributed by atoms with Crippen molar-refractivity contribution in [1.82, 2.24) is 9.47 Å². The number of benzene rings is 1. The Balaban J connectivity index is 1.57. The third-order valence-corrected chi connectivity index (χ3v) is 5.22. The summed E-state index contributed by atoms with van der Waals surface area (Å²) in [7, 11) is 3.39. The fourth-order valence-electron chi connectivity index (χ4n) is 3.65. The number of hydrogen-bond acceptors (Lipinski definition) is 6. The van der Waals surface area contributed by atoms with Gasteiger partial charge >= 0.3 is 0 Å². The van der Waals surface area contributed by atoms with Gasteiger partial charge in [0.15, 0.2) is 0 Å². The van der Waals surface area contributed by atoms with Crippen LogP contribution in [-0.4, -0.2) is 61.2 Å². The molecule has 0 aliphatic heterocycles. The van der Waals surface area contributed by atoms with E-state index in [0.29, 0.717) is 19.8 Å². The largest absolute Gasteiger partial charge is 0.497 e. The number of methoxy groups -OCH3 is 2. The number of furan rings is 1. The molecule has 0 radical (unpaired) electrons. The summed E-state index contributed by atoms with van der Waals surface area (Å²) >= 11 is 0. The average molecular weight is 443 g/mol. The molecule has 0 amide bonds. The van der Waals surface area contributed by atoms with E-state index in [0.717, 1.165) is 37.6 Å². The van der Waals surface area contributed by atoms with E-state index in [1.54, 1.807) is 20.5 Å². The predicted molar refractivity (Wildman–Crippen MR) is 123 cm³/mol. The van der Waals surface area contributed by atoms with Gasteiger partial charge in [-0.1, -0.05) is 12.1 Å². The summed E-state index contributed by atoms with van der Waals surface area (Å²) in [6, 6.07) is 16.0. The second-order valence-electron chi connectivity index (χ2n) is 7.81. The van der Waals surface area contributed by atoms with E-state index < -0.39 is 6.10 Å². The van der Waals surface area contributed by atoms with Crippen LogP contribution in [0.25, 0.3) is 0 Å². The van der Waals surface area contributed by atoms with Crippen LogP contribution in [0.4, 0.5) is 0 Å². The number of aromatic nitrogens is 1. The molecule has 0 fully saturated rings. The Labute approximate surface area is 190 Å². The molecule has 0 spiro atoms. The number of aliphatic hydroxyl groups excluding tert-OH is 1. The van der Waals surface area contributed by atoms with Crippen molar-refractivity contribution >= 4 is 0 Å². The minimum absolute atomic E-state index is 0.256. The summed E-state index contributed by atoms with van der Waals surface area (Å²) in [5.74, 6) is 1.61. The monoisotopic (exact) mass is 442 g/mol. The molecule has 2 aromatic heterocycles. The molecule has 3 aromatic rings. The summed E-state index contributed by atoms with van der Waals surface area (Å²) < 4.78 is 23.7. The maximum absolute atomic E-state index is 10.5. The lowest BCUT2D eigenvalue weighted by atomic mass is 10.2. The molecule has 2 heterocycles. The highest BCUT2D eigenvalue weighted by atomic mass is 16.5. The summed E-state index contributed by atoms with van der Waals surface area (Å²) in [6.45, 7) is 4.14. The van der Waals surface area contributed by atoms with Crippen LogP contribution in [0.3, 0.4) is 0 Å². The van der Waals surface area contributed by atoms with Gasteiger partial charge in [-0.2, -0.15) is 0 Å². The van der Waals surface area contributed by atoms with E-state index in [4.69, 9.17) is 18.6 Å². The van der Waals surface area contributed by atoms with E-state index in [2.05, 4.69) is 39.9 Å². The normalized spacial score (nSPS) is 12.4. The maximum atomic E-state index is 10.5. The second kappa shape index (κ2) is 13.1. The van der Waals surface area contributed by atoms with Crippen LogP contribution in [0, 0.1) is 0 Å². The van der Waals surface area contributed by atoms with Crippen molar-refractivity contribution in [1.29, 1.82) is 0 Å². The van der Waals surface area contributed by atoms with Crippen molar-refractivity contribution in [3.05, 3.63) is 78.0 Å². The van der Waals surface area contributed by atoms with Crippen LogP contribution in [0.1, 0.15) is 23.4 Å². The summed E-state index contributed by atoms with van der Waals surface area (Å²) in [5.41, 5.74) is 2.37. The zero-order chi connectivity index (χ0) is 22.6. The van der Waals surface area contributed by atoms with E-state index in [9.17, 15) is 5.11 Å². The molecule has 7 heteroatoms. The lowest BCUT2D eigenvalue weighted by Crippen LogP contribution is -2.36. The molecule has 1 atom stereocenters.